The van der Waals surface area contributed by atoms with Crippen LogP contribution in [0.15, 0.2) is 47.5 Å². The zero-order valence-corrected chi connectivity index (χ0v) is 17.8. The molecule has 154 valence electrons. The summed E-state index contributed by atoms with van der Waals surface area (Å²) < 4.78 is 4.83. The normalized spacial score (nSPS) is 18.8. The van der Waals surface area contributed by atoms with Gasteiger partial charge in [-0.3, -0.25) is 9.59 Å². The van der Waals surface area contributed by atoms with Gasteiger partial charge < -0.3 is 10.1 Å². The molecule has 29 heavy (non-hydrogen) atoms. The number of nitrogens with zero attached hydrogens (tertiary/aromatic N) is 1. The Kier molecular flexibility index (Phi) is 7.69. The molecule has 0 atom stereocenters. The molecule has 1 aliphatic carbocycles. The third-order valence-electron chi connectivity index (χ3n) is 5.31. The minimum atomic E-state index is -0.144. The summed E-state index contributed by atoms with van der Waals surface area (Å²) in [5, 5.41) is 3.92. The monoisotopic (exact) mass is 412 g/mol. The van der Waals surface area contributed by atoms with Crippen molar-refractivity contribution >= 4 is 23.6 Å². The van der Waals surface area contributed by atoms with Crippen LogP contribution >= 0.6 is 11.8 Å². The number of aryl methyl sites for hydroxylation is 2. The molecule has 1 heterocycles. The van der Waals surface area contributed by atoms with E-state index in [1.165, 1.54) is 12.7 Å². The number of rotatable bonds is 7. The Hall–Kier alpha value is -2.34. The number of pyridine rings is 1. The molecule has 0 radical (unpaired) electrons. The van der Waals surface area contributed by atoms with Gasteiger partial charge >= 0.3 is 5.97 Å². The topological polar surface area (TPSA) is 68.3 Å². The van der Waals surface area contributed by atoms with E-state index in [-0.39, 0.29) is 23.8 Å². The predicted octanol–water partition coefficient (Wildman–Crippen LogP) is 4.19. The van der Waals surface area contributed by atoms with E-state index in [1.54, 1.807) is 11.8 Å². The van der Waals surface area contributed by atoms with E-state index in [2.05, 4.69) is 22.4 Å². The summed E-state index contributed by atoms with van der Waals surface area (Å²) in [4.78, 5) is 29.2. The zero-order valence-electron chi connectivity index (χ0n) is 17.0. The molecule has 0 unspecified atom stereocenters. The first-order valence-electron chi connectivity index (χ1n) is 10.1. The molecule has 5 nitrogen and oxygen atoms in total. The highest BCUT2D eigenvalue weighted by atomic mass is 32.2. The van der Waals surface area contributed by atoms with Gasteiger partial charge in [-0.15, -0.1) is 11.8 Å². The Bertz CT molecular complexity index is 833. The van der Waals surface area contributed by atoms with Crippen molar-refractivity contribution in [2.75, 3.05) is 12.9 Å². The van der Waals surface area contributed by atoms with Gasteiger partial charge in [-0.2, -0.15) is 0 Å². The Balaban J connectivity index is 1.58. The second-order valence-corrected chi connectivity index (χ2v) is 8.52. The summed E-state index contributed by atoms with van der Waals surface area (Å²) in [5.41, 5.74) is 2.81. The molecule has 0 spiro atoms. The van der Waals surface area contributed by atoms with Gasteiger partial charge in [0.1, 0.15) is 5.03 Å². The van der Waals surface area contributed by atoms with E-state index >= 15 is 0 Å². The molecule has 1 aromatic carbocycles. The molecule has 0 aliphatic heterocycles. The fraction of sp³-hybridized carbons (Fsp3) is 0.435. The first kappa shape index (κ1) is 21.4. The second-order valence-electron chi connectivity index (χ2n) is 7.43. The van der Waals surface area contributed by atoms with Crippen LogP contribution in [0.25, 0.3) is 0 Å². The number of benzene rings is 1. The van der Waals surface area contributed by atoms with E-state index in [9.17, 15) is 9.59 Å². The SMILES string of the molecule is COC(=O)C1CCC(NC(=O)c2ccc(C)nc2SCCc2ccccc2)CC1. The summed E-state index contributed by atoms with van der Waals surface area (Å²) in [5.74, 6) is 0.597. The number of aromatic nitrogens is 1. The number of amides is 1. The van der Waals surface area contributed by atoms with Gasteiger partial charge in [-0.05, 0) is 56.7 Å². The number of hydrogen-bond donors (Lipinski definition) is 1. The molecular weight excluding hydrogens is 384 g/mol. The first-order valence-corrected chi connectivity index (χ1v) is 11.1. The molecule has 1 amide bonds. The highest BCUT2D eigenvalue weighted by Crippen LogP contribution is 2.27. The second kappa shape index (κ2) is 10.4. The first-order chi connectivity index (χ1) is 14.1. The number of carbonyl (C=O) groups is 2. The molecule has 0 saturated heterocycles. The van der Waals surface area contributed by atoms with Gasteiger partial charge in [0.25, 0.3) is 5.91 Å². The molecule has 6 heteroatoms. The van der Waals surface area contributed by atoms with Gasteiger partial charge in [0.05, 0.1) is 18.6 Å². The Labute approximate surface area is 176 Å². The van der Waals surface area contributed by atoms with Crippen molar-refractivity contribution in [1.82, 2.24) is 10.3 Å². The van der Waals surface area contributed by atoms with Crippen molar-refractivity contribution in [3.05, 3.63) is 59.3 Å². The molecule has 1 saturated carbocycles. The van der Waals surface area contributed by atoms with Gasteiger partial charge in [-0.1, -0.05) is 30.3 Å². The fourth-order valence-corrected chi connectivity index (χ4v) is 4.69. The standard InChI is InChI=1S/C23H28N2O3S/c1-16-8-13-20(22(24-16)29-15-14-17-6-4-3-5-7-17)21(26)25-19-11-9-18(10-12-19)23(27)28-2/h3-8,13,18-19H,9-12,14-15H2,1-2H3,(H,25,26). The summed E-state index contributed by atoms with van der Waals surface area (Å²) in [6.07, 6.45) is 4.02. The lowest BCUT2D eigenvalue weighted by Gasteiger charge is -2.27. The predicted molar refractivity (Wildman–Crippen MR) is 115 cm³/mol. The Morgan fingerprint density at radius 1 is 1.10 bits per heavy atom. The molecule has 1 N–H and O–H groups in total. The summed E-state index contributed by atoms with van der Waals surface area (Å²) in [6.45, 7) is 1.94. The highest BCUT2D eigenvalue weighted by molar-refractivity contribution is 7.99. The number of carbonyl (C=O) groups excluding carboxylic acids is 2. The number of esters is 1. The maximum atomic E-state index is 12.9. The number of nitrogens with one attached hydrogen (secondary N) is 1. The van der Waals surface area contributed by atoms with Crippen molar-refractivity contribution < 1.29 is 14.3 Å². The lowest BCUT2D eigenvalue weighted by Crippen LogP contribution is -2.39. The van der Waals surface area contributed by atoms with Crippen LogP contribution in [0.4, 0.5) is 0 Å². The average molecular weight is 413 g/mol. The molecule has 2 aromatic rings. The third-order valence-corrected chi connectivity index (χ3v) is 6.31. The van der Waals surface area contributed by atoms with Crippen LogP contribution in [0.2, 0.25) is 0 Å². The van der Waals surface area contributed by atoms with E-state index in [1.807, 2.05) is 37.3 Å². The fourth-order valence-electron chi connectivity index (χ4n) is 3.63. The molecule has 1 aromatic heterocycles. The van der Waals surface area contributed by atoms with Crippen molar-refractivity contribution in [1.29, 1.82) is 0 Å². The van der Waals surface area contributed by atoms with E-state index in [0.717, 1.165) is 48.6 Å². The number of thioether (sulfide) groups is 1. The molecule has 3 rings (SSSR count). The largest absolute Gasteiger partial charge is 0.469 e. The van der Waals surface area contributed by atoms with Crippen LogP contribution in [0.5, 0.6) is 0 Å². The van der Waals surface area contributed by atoms with Crippen molar-refractivity contribution in [3.63, 3.8) is 0 Å². The van der Waals surface area contributed by atoms with E-state index in [4.69, 9.17) is 4.74 Å². The molecular formula is C23H28N2O3S. The summed E-state index contributed by atoms with van der Waals surface area (Å²) in [7, 11) is 1.43. The van der Waals surface area contributed by atoms with Gasteiger partial charge in [0.15, 0.2) is 0 Å². The van der Waals surface area contributed by atoms with Crippen LogP contribution in [0.3, 0.4) is 0 Å². The summed E-state index contributed by atoms with van der Waals surface area (Å²) in [6, 6.07) is 14.2. The van der Waals surface area contributed by atoms with E-state index in [0.29, 0.717) is 5.56 Å². The number of methoxy groups -OCH3 is 1. The van der Waals surface area contributed by atoms with Crippen LogP contribution < -0.4 is 5.32 Å². The van der Waals surface area contributed by atoms with Crippen LogP contribution in [0, 0.1) is 12.8 Å². The smallest absolute Gasteiger partial charge is 0.308 e. The van der Waals surface area contributed by atoms with Gasteiger partial charge in [0, 0.05) is 17.5 Å². The van der Waals surface area contributed by atoms with Crippen molar-refractivity contribution in [3.8, 4) is 0 Å². The van der Waals surface area contributed by atoms with Gasteiger partial charge in [-0.25, -0.2) is 4.98 Å². The molecule has 1 aliphatic rings. The third kappa shape index (κ3) is 6.07. The van der Waals surface area contributed by atoms with Crippen molar-refractivity contribution in [2.24, 2.45) is 5.92 Å². The zero-order chi connectivity index (χ0) is 20.6. The van der Waals surface area contributed by atoms with Crippen LogP contribution in [0.1, 0.15) is 47.3 Å². The average Bonchev–Trinajstić information content (AvgIpc) is 2.74. The quantitative estimate of drug-likeness (QED) is 0.546. The Morgan fingerprint density at radius 2 is 1.83 bits per heavy atom. The highest BCUT2D eigenvalue weighted by Gasteiger charge is 2.28. The maximum absolute atomic E-state index is 12.9. The van der Waals surface area contributed by atoms with Crippen LogP contribution in [-0.2, 0) is 16.0 Å². The van der Waals surface area contributed by atoms with E-state index < -0.39 is 0 Å². The summed E-state index contributed by atoms with van der Waals surface area (Å²) >= 11 is 1.62. The Morgan fingerprint density at radius 3 is 2.52 bits per heavy atom. The van der Waals surface area contributed by atoms with Crippen molar-refractivity contribution in [2.45, 2.75) is 50.1 Å². The minimum absolute atomic E-state index is 0.0432. The van der Waals surface area contributed by atoms with Crippen LogP contribution in [-0.4, -0.2) is 35.8 Å². The number of hydrogen-bond acceptors (Lipinski definition) is 5. The number of ether oxygens (including phenoxy) is 1. The molecule has 0 bridgehead atoms. The lowest BCUT2D eigenvalue weighted by molar-refractivity contribution is -0.146. The van der Waals surface area contributed by atoms with Gasteiger partial charge in [0.2, 0.25) is 0 Å². The maximum Gasteiger partial charge on any atom is 0.308 e. The molecule has 1 fully saturated rings. The minimum Gasteiger partial charge on any atom is -0.469 e. The lowest BCUT2D eigenvalue weighted by atomic mass is 9.86.